The second kappa shape index (κ2) is 7.98. The summed E-state index contributed by atoms with van der Waals surface area (Å²) in [7, 11) is 1.54. The minimum absolute atomic E-state index is 0.0607. The highest BCUT2D eigenvalue weighted by atomic mass is 35.5. The van der Waals surface area contributed by atoms with E-state index in [1.807, 2.05) is 31.2 Å². The number of amides is 1. The summed E-state index contributed by atoms with van der Waals surface area (Å²) in [5.41, 5.74) is 2.47. The topological polar surface area (TPSA) is 59.0 Å². The van der Waals surface area contributed by atoms with E-state index in [0.717, 1.165) is 16.7 Å². The zero-order valence-electron chi connectivity index (χ0n) is 14.9. The molecule has 1 heterocycles. The molecule has 0 saturated carbocycles. The maximum absolute atomic E-state index is 12.7. The summed E-state index contributed by atoms with van der Waals surface area (Å²) in [6.07, 6.45) is 0.133. The number of phenolic OH excluding ortho intramolecular Hbond substituents is 1. The van der Waals surface area contributed by atoms with E-state index in [0.29, 0.717) is 36.9 Å². The molecule has 6 heteroatoms. The van der Waals surface area contributed by atoms with Crippen molar-refractivity contribution in [1.29, 1.82) is 0 Å². The number of phenols is 1. The first-order valence-corrected chi connectivity index (χ1v) is 8.97. The number of hydrogen-bond donors (Lipinski definition) is 1. The molecule has 3 rings (SSSR count). The number of rotatable bonds is 4. The Morgan fingerprint density at radius 1 is 1.35 bits per heavy atom. The molecule has 1 aliphatic heterocycles. The molecular formula is C20H22ClNO4. The molecule has 0 bridgehead atoms. The van der Waals surface area contributed by atoms with Gasteiger partial charge in [-0.3, -0.25) is 4.79 Å². The highest BCUT2D eigenvalue weighted by Gasteiger charge is 2.27. The van der Waals surface area contributed by atoms with Gasteiger partial charge in [0.2, 0.25) is 0 Å². The van der Waals surface area contributed by atoms with Gasteiger partial charge in [0.05, 0.1) is 6.54 Å². The maximum Gasteiger partial charge on any atom is 0.252 e. The first-order valence-electron chi connectivity index (χ1n) is 8.59. The fourth-order valence-electron chi connectivity index (χ4n) is 3.17. The van der Waals surface area contributed by atoms with Crippen molar-refractivity contribution >= 4 is 17.5 Å². The van der Waals surface area contributed by atoms with E-state index in [1.54, 1.807) is 17.0 Å². The molecule has 26 heavy (non-hydrogen) atoms. The number of ether oxygens (including phenoxy) is 2. The zero-order valence-corrected chi connectivity index (χ0v) is 15.6. The minimum atomic E-state index is -0.471. The predicted octanol–water partition coefficient (Wildman–Crippen LogP) is 3.86. The molecule has 0 saturated heterocycles. The molecule has 1 unspecified atom stereocenters. The molecule has 2 aromatic carbocycles. The van der Waals surface area contributed by atoms with Crippen LogP contribution in [0.5, 0.6) is 11.5 Å². The molecule has 1 amide bonds. The molecule has 1 atom stereocenters. The summed E-state index contributed by atoms with van der Waals surface area (Å²) in [6, 6.07) is 11.0. The maximum atomic E-state index is 12.7. The molecule has 0 radical (unpaired) electrons. The molecule has 0 fully saturated rings. The third-order valence-electron chi connectivity index (χ3n) is 4.52. The van der Waals surface area contributed by atoms with Gasteiger partial charge in [-0.1, -0.05) is 30.7 Å². The van der Waals surface area contributed by atoms with Crippen molar-refractivity contribution in [3.63, 3.8) is 0 Å². The van der Waals surface area contributed by atoms with Crippen LogP contribution in [0, 0.1) is 0 Å². The number of carbonyl (C=O) groups is 1. The number of fused-ring (bicyclic) bond motifs is 1. The van der Waals surface area contributed by atoms with Crippen molar-refractivity contribution in [2.75, 3.05) is 20.3 Å². The average Bonchev–Trinajstić information content (AvgIpc) is 2.85. The Bertz CT molecular complexity index is 804. The van der Waals surface area contributed by atoms with Gasteiger partial charge in [0.15, 0.2) is 11.5 Å². The molecule has 2 aromatic rings. The summed E-state index contributed by atoms with van der Waals surface area (Å²) in [5.74, 6) is 0.418. The lowest BCUT2D eigenvalue weighted by atomic mass is 10.0. The standard InChI is InChI=1S/C20H22ClNO4/c1-3-18(25-2)20(24)22-7-8-26-19-15(12-22)9-14(11-17(19)23)13-5-4-6-16(21)10-13/h4-6,9-11,18,23H,3,7-8,12H2,1-2H3. The van der Waals surface area contributed by atoms with E-state index in [2.05, 4.69) is 0 Å². The number of aromatic hydroxyl groups is 1. The molecule has 0 spiro atoms. The van der Waals surface area contributed by atoms with Gasteiger partial charge in [-0.2, -0.15) is 0 Å². The summed E-state index contributed by atoms with van der Waals surface area (Å²) in [4.78, 5) is 14.4. The normalized spacial score (nSPS) is 15.0. The van der Waals surface area contributed by atoms with Gasteiger partial charge < -0.3 is 19.5 Å². The first-order chi connectivity index (χ1) is 12.5. The van der Waals surface area contributed by atoms with Gasteiger partial charge in [0.25, 0.3) is 5.91 Å². The van der Waals surface area contributed by atoms with Crippen LogP contribution < -0.4 is 4.74 Å². The first kappa shape index (κ1) is 18.5. The van der Waals surface area contributed by atoms with Crippen LogP contribution in [-0.4, -0.2) is 42.3 Å². The van der Waals surface area contributed by atoms with Gasteiger partial charge in [0, 0.05) is 24.2 Å². The van der Waals surface area contributed by atoms with Crippen molar-refractivity contribution in [2.24, 2.45) is 0 Å². The van der Waals surface area contributed by atoms with Crippen LogP contribution in [-0.2, 0) is 16.1 Å². The van der Waals surface area contributed by atoms with Crippen molar-refractivity contribution in [1.82, 2.24) is 4.90 Å². The number of benzene rings is 2. The highest BCUT2D eigenvalue weighted by molar-refractivity contribution is 6.30. The van der Waals surface area contributed by atoms with Gasteiger partial charge in [0.1, 0.15) is 12.7 Å². The second-order valence-electron chi connectivity index (χ2n) is 6.23. The fourth-order valence-corrected chi connectivity index (χ4v) is 3.36. The molecule has 5 nitrogen and oxygen atoms in total. The Morgan fingerprint density at radius 2 is 2.15 bits per heavy atom. The Hall–Kier alpha value is -2.24. The lowest BCUT2D eigenvalue weighted by Crippen LogP contribution is -2.40. The smallest absolute Gasteiger partial charge is 0.252 e. The van der Waals surface area contributed by atoms with E-state index in [9.17, 15) is 9.90 Å². The van der Waals surface area contributed by atoms with Crippen molar-refractivity contribution < 1.29 is 19.4 Å². The number of methoxy groups -OCH3 is 1. The highest BCUT2D eigenvalue weighted by Crippen LogP contribution is 2.38. The van der Waals surface area contributed by atoms with Crippen LogP contribution in [0.15, 0.2) is 36.4 Å². The summed E-state index contributed by atoms with van der Waals surface area (Å²) in [5, 5.41) is 11.1. The van der Waals surface area contributed by atoms with Crippen LogP contribution in [0.2, 0.25) is 5.02 Å². The zero-order chi connectivity index (χ0) is 18.7. The molecule has 0 aromatic heterocycles. The van der Waals surface area contributed by atoms with Crippen LogP contribution >= 0.6 is 11.6 Å². The van der Waals surface area contributed by atoms with Crippen LogP contribution in [0.4, 0.5) is 0 Å². The number of hydrogen-bond acceptors (Lipinski definition) is 4. The predicted molar refractivity (Wildman–Crippen MR) is 101 cm³/mol. The molecule has 1 N–H and O–H groups in total. The number of halogens is 1. The average molecular weight is 376 g/mol. The SMILES string of the molecule is CCC(OC)C(=O)N1CCOc2c(O)cc(-c3cccc(Cl)c3)cc2C1. The van der Waals surface area contributed by atoms with E-state index in [1.165, 1.54) is 7.11 Å². The number of carbonyl (C=O) groups excluding carboxylic acids is 1. The monoisotopic (exact) mass is 375 g/mol. The third kappa shape index (κ3) is 3.79. The van der Waals surface area contributed by atoms with Gasteiger partial charge in [-0.05, 0) is 41.8 Å². The van der Waals surface area contributed by atoms with Crippen molar-refractivity contribution in [3.8, 4) is 22.6 Å². The Morgan fingerprint density at radius 3 is 2.85 bits per heavy atom. The molecule has 138 valence electrons. The quantitative estimate of drug-likeness (QED) is 0.881. The Labute approximate surface area is 158 Å². The number of nitrogens with zero attached hydrogens (tertiary/aromatic N) is 1. The lowest BCUT2D eigenvalue weighted by Gasteiger charge is -2.24. The Balaban J connectivity index is 1.96. The van der Waals surface area contributed by atoms with Crippen molar-refractivity contribution in [2.45, 2.75) is 26.0 Å². The largest absolute Gasteiger partial charge is 0.504 e. The van der Waals surface area contributed by atoms with E-state index in [-0.39, 0.29) is 11.7 Å². The second-order valence-corrected chi connectivity index (χ2v) is 6.67. The van der Waals surface area contributed by atoms with Crippen LogP contribution in [0.1, 0.15) is 18.9 Å². The van der Waals surface area contributed by atoms with Crippen LogP contribution in [0.3, 0.4) is 0 Å². The summed E-state index contributed by atoms with van der Waals surface area (Å²) in [6.45, 7) is 3.04. The third-order valence-corrected chi connectivity index (χ3v) is 4.75. The van der Waals surface area contributed by atoms with E-state index < -0.39 is 6.10 Å². The fraction of sp³-hybridized carbons (Fsp3) is 0.350. The minimum Gasteiger partial charge on any atom is -0.504 e. The van der Waals surface area contributed by atoms with Crippen molar-refractivity contribution in [3.05, 3.63) is 47.0 Å². The molecular weight excluding hydrogens is 354 g/mol. The van der Waals surface area contributed by atoms with Gasteiger partial charge in [-0.15, -0.1) is 0 Å². The van der Waals surface area contributed by atoms with E-state index >= 15 is 0 Å². The molecule has 0 aliphatic carbocycles. The van der Waals surface area contributed by atoms with E-state index in [4.69, 9.17) is 21.1 Å². The molecule has 1 aliphatic rings. The summed E-state index contributed by atoms with van der Waals surface area (Å²) >= 11 is 6.08. The van der Waals surface area contributed by atoms with Crippen LogP contribution in [0.25, 0.3) is 11.1 Å². The van der Waals surface area contributed by atoms with Gasteiger partial charge in [-0.25, -0.2) is 0 Å². The lowest BCUT2D eigenvalue weighted by molar-refractivity contribution is -0.142. The summed E-state index contributed by atoms with van der Waals surface area (Å²) < 4.78 is 11.0. The Kier molecular flexibility index (Phi) is 5.69. The van der Waals surface area contributed by atoms with Gasteiger partial charge >= 0.3 is 0 Å².